The lowest BCUT2D eigenvalue weighted by Crippen LogP contribution is -2.46. The van der Waals surface area contributed by atoms with E-state index in [4.69, 9.17) is 9.47 Å². The van der Waals surface area contributed by atoms with E-state index in [0.717, 1.165) is 37.9 Å². The van der Waals surface area contributed by atoms with Gasteiger partial charge in [0.1, 0.15) is 5.60 Å². The van der Waals surface area contributed by atoms with Crippen molar-refractivity contribution < 1.29 is 14.3 Å². The lowest BCUT2D eigenvalue weighted by molar-refractivity contribution is -0.000561. The summed E-state index contributed by atoms with van der Waals surface area (Å²) in [5.41, 5.74) is 0.634. The molecule has 0 saturated carbocycles. The van der Waals surface area contributed by atoms with Crippen molar-refractivity contribution in [2.75, 3.05) is 13.2 Å². The Balaban J connectivity index is 1.82. The van der Waals surface area contributed by atoms with Crippen LogP contribution in [0.25, 0.3) is 0 Å². The molecule has 1 saturated heterocycles. The Morgan fingerprint density at radius 1 is 1.43 bits per heavy atom. The highest BCUT2D eigenvalue weighted by molar-refractivity contribution is 5.68. The minimum Gasteiger partial charge on any atom is -0.444 e. The first-order valence-corrected chi connectivity index (χ1v) is 8.61. The molecule has 130 valence electrons. The van der Waals surface area contributed by atoms with Crippen molar-refractivity contribution in [1.82, 2.24) is 9.88 Å². The molecule has 2 heterocycles. The highest BCUT2D eigenvalue weighted by atomic mass is 16.6. The number of nitrogens with one attached hydrogen (secondary N) is 1. The van der Waals surface area contributed by atoms with Crippen LogP contribution in [0.5, 0.6) is 0 Å². The molecule has 0 bridgehead atoms. The first-order valence-electron chi connectivity index (χ1n) is 8.61. The summed E-state index contributed by atoms with van der Waals surface area (Å²) in [5, 5.41) is 0. The molecular weight excluding hydrogens is 292 g/mol. The number of ether oxygens (including phenoxy) is 2. The van der Waals surface area contributed by atoms with Gasteiger partial charge in [-0.1, -0.05) is 0 Å². The zero-order valence-corrected chi connectivity index (χ0v) is 14.8. The summed E-state index contributed by atoms with van der Waals surface area (Å²) in [5.74, 6) is 0. The third-order valence-electron chi connectivity index (χ3n) is 4.13. The van der Waals surface area contributed by atoms with Gasteiger partial charge in [-0.15, -0.1) is 0 Å². The molecule has 0 aromatic carbocycles. The van der Waals surface area contributed by atoms with Crippen LogP contribution >= 0.6 is 0 Å². The summed E-state index contributed by atoms with van der Waals surface area (Å²) in [4.78, 5) is 17.4. The monoisotopic (exact) mass is 322 g/mol. The van der Waals surface area contributed by atoms with E-state index in [2.05, 4.69) is 4.98 Å². The number of likely N-dealkylation sites (tertiary alicyclic amines) is 1. The summed E-state index contributed by atoms with van der Waals surface area (Å²) in [6.07, 6.45) is 5.85. The normalized spacial score (nSPS) is 20.3. The van der Waals surface area contributed by atoms with Gasteiger partial charge in [0.25, 0.3) is 0 Å². The average Bonchev–Trinajstić information content (AvgIpc) is 3.00. The second-order valence-corrected chi connectivity index (χ2v) is 7.25. The predicted octanol–water partition coefficient (Wildman–Crippen LogP) is 4.27. The Kier molecular flexibility index (Phi) is 6.10. The number of aromatic amines is 1. The number of H-pyrrole nitrogens is 1. The molecule has 1 aromatic heterocycles. The molecule has 1 N–H and O–H groups in total. The first-order chi connectivity index (χ1) is 10.9. The minimum atomic E-state index is -0.447. The standard InChI is InChI=1S/C18H30N2O3/c1-14(16-9-7-11-19-16)22-13-10-15-8-5-6-12-20(15)17(21)23-18(2,3)4/h7,9,11,14-15,19H,5-6,8,10,12-13H2,1-4H3/t14-,15+/m0/s1. The van der Waals surface area contributed by atoms with Crippen molar-refractivity contribution in [2.45, 2.75) is 71.1 Å². The number of carbonyl (C=O) groups excluding carboxylic acids is 1. The van der Waals surface area contributed by atoms with Crippen LogP contribution in [0.3, 0.4) is 0 Å². The van der Waals surface area contributed by atoms with Crippen molar-refractivity contribution in [3.05, 3.63) is 24.0 Å². The zero-order valence-electron chi connectivity index (χ0n) is 14.8. The molecule has 5 heteroatoms. The molecule has 1 aliphatic rings. The minimum absolute atomic E-state index is 0.0450. The molecule has 2 atom stereocenters. The van der Waals surface area contributed by atoms with E-state index in [9.17, 15) is 4.79 Å². The van der Waals surface area contributed by atoms with Crippen LogP contribution in [0.2, 0.25) is 0 Å². The number of nitrogens with zero attached hydrogens (tertiary/aromatic N) is 1. The number of carbonyl (C=O) groups is 1. The molecule has 2 rings (SSSR count). The number of amides is 1. The van der Waals surface area contributed by atoms with Crippen molar-refractivity contribution in [2.24, 2.45) is 0 Å². The average molecular weight is 322 g/mol. The topological polar surface area (TPSA) is 54.6 Å². The van der Waals surface area contributed by atoms with Crippen LogP contribution in [0, 0.1) is 0 Å². The SMILES string of the molecule is C[C@H](OCC[C@H]1CCCCN1C(=O)OC(C)(C)C)c1ccc[nH]1. The van der Waals surface area contributed by atoms with E-state index in [0.29, 0.717) is 6.61 Å². The van der Waals surface area contributed by atoms with Gasteiger partial charge in [-0.2, -0.15) is 0 Å². The van der Waals surface area contributed by atoms with Crippen LogP contribution in [0.15, 0.2) is 18.3 Å². The van der Waals surface area contributed by atoms with Crippen molar-refractivity contribution in [3.63, 3.8) is 0 Å². The maximum absolute atomic E-state index is 12.4. The zero-order chi connectivity index (χ0) is 16.9. The fourth-order valence-electron chi connectivity index (χ4n) is 2.93. The quantitative estimate of drug-likeness (QED) is 0.880. The molecular formula is C18H30N2O3. The van der Waals surface area contributed by atoms with Gasteiger partial charge >= 0.3 is 6.09 Å². The maximum atomic E-state index is 12.4. The van der Waals surface area contributed by atoms with Gasteiger partial charge in [0.05, 0.1) is 6.10 Å². The van der Waals surface area contributed by atoms with E-state index in [1.807, 2.05) is 50.9 Å². The fourth-order valence-corrected chi connectivity index (χ4v) is 2.93. The van der Waals surface area contributed by atoms with E-state index >= 15 is 0 Å². The Bertz CT molecular complexity index is 479. The molecule has 0 spiro atoms. The van der Waals surface area contributed by atoms with Gasteiger partial charge < -0.3 is 19.4 Å². The van der Waals surface area contributed by atoms with E-state index < -0.39 is 5.60 Å². The summed E-state index contributed by atoms with van der Waals surface area (Å²) in [6.45, 7) is 9.19. The second-order valence-electron chi connectivity index (χ2n) is 7.25. The fraction of sp³-hybridized carbons (Fsp3) is 0.722. The lowest BCUT2D eigenvalue weighted by Gasteiger charge is -2.37. The molecule has 0 unspecified atom stereocenters. The Hall–Kier alpha value is -1.49. The summed E-state index contributed by atoms with van der Waals surface area (Å²) in [7, 11) is 0. The van der Waals surface area contributed by atoms with Crippen molar-refractivity contribution in [1.29, 1.82) is 0 Å². The van der Waals surface area contributed by atoms with Gasteiger partial charge in [-0.05, 0) is 65.5 Å². The second kappa shape index (κ2) is 7.86. The predicted molar refractivity (Wildman–Crippen MR) is 90.4 cm³/mol. The molecule has 1 fully saturated rings. The largest absolute Gasteiger partial charge is 0.444 e. The van der Waals surface area contributed by atoms with Gasteiger partial charge in [0, 0.05) is 31.1 Å². The van der Waals surface area contributed by atoms with Crippen LogP contribution in [-0.2, 0) is 9.47 Å². The summed E-state index contributed by atoms with van der Waals surface area (Å²) in [6, 6.07) is 4.22. The van der Waals surface area contributed by atoms with Crippen LogP contribution in [-0.4, -0.2) is 40.8 Å². The third-order valence-corrected chi connectivity index (χ3v) is 4.13. The number of rotatable bonds is 5. The Morgan fingerprint density at radius 2 is 2.22 bits per heavy atom. The van der Waals surface area contributed by atoms with E-state index in [1.54, 1.807) is 0 Å². The lowest BCUT2D eigenvalue weighted by atomic mass is 10.0. The first kappa shape index (κ1) is 17.9. The Morgan fingerprint density at radius 3 is 2.87 bits per heavy atom. The van der Waals surface area contributed by atoms with Gasteiger partial charge in [-0.3, -0.25) is 0 Å². The number of hydrogen-bond acceptors (Lipinski definition) is 3. The van der Waals surface area contributed by atoms with Crippen LogP contribution < -0.4 is 0 Å². The van der Waals surface area contributed by atoms with Crippen LogP contribution in [0.1, 0.15) is 65.2 Å². The Labute approximate surface area is 139 Å². The molecule has 1 aromatic rings. The number of aromatic nitrogens is 1. The molecule has 0 radical (unpaired) electrons. The maximum Gasteiger partial charge on any atom is 0.410 e. The van der Waals surface area contributed by atoms with Gasteiger partial charge in [0.15, 0.2) is 0 Å². The third kappa shape index (κ3) is 5.57. The van der Waals surface area contributed by atoms with E-state index in [1.165, 1.54) is 0 Å². The van der Waals surface area contributed by atoms with Crippen LogP contribution in [0.4, 0.5) is 4.79 Å². The van der Waals surface area contributed by atoms with Gasteiger partial charge in [0.2, 0.25) is 0 Å². The number of hydrogen-bond donors (Lipinski definition) is 1. The highest BCUT2D eigenvalue weighted by Crippen LogP contribution is 2.23. The van der Waals surface area contributed by atoms with E-state index in [-0.39, 0.29) is 18.2 Å². The molecule has 23 heavy (non-hydrogen) atoms. The smallest absolute Gasteiger partial charge is 0.410 e. The molecule has 1 amide bonds. The molecule has 1 aliphatic heterocycles. The number of piperidine rings is 1. The molecule has 0 aliphatic carbocycles. The van der Waals surface area contributed by atoms with Crippen molar-refractivity contribution in [3.8, 4) is 0 Å². The van der Waals surface area contributed by atoms with Gasteiger partial charge in [-0.25, -0.2) is 4.79 Å². The molecule has 5 nitrogen and oxygen atoms in total. The summed E-state index contributed by atoms with van der Waals surface area (Å²) < 4.78 is 11.4. The highest BCUT2D eigenvalue weighted by Gasteiger charge is 2.30. The summed E-state index contributed by atoms with van der Waals surface area (Å²) >= 11 is 0. The van der Waals surface area contributed by atoms with Crippen molar-refractivity contribution >= 4 is 6.09 Å².